The Morgan fingerprint density at radius 1 is 1.54 bits per heavy atom. The summed E-state index contributed by atoms with van der Waals surface area (Å²) in [5.41, 5.74) is 0. The number of alkyl halides is 1. The van der Waals surface area contributed by atoms with E-state index in [1.807, 2.05) is 4.90 Å². The van der Waals surface area contributed by atoms with Crippen LogP contribution in [0.5, 0.6) is 0 Å². The Labute approximate surface area is 78.2 Å². The zero-order chi connectivity index (χ0) is 9.84. The first-order valence-corrected chi connectivity index (χ1v) is 4.76. The molecule has 3 atom stereocenters. The molecule has 1 aliphatic rings. The molecule has 0 radical (unpaired) electrons. The van der Waals surface area contributed by atoms with Crippen molar-refractivity contribution < 1.29 is 14.6 Å². The lowest BCUT2D eigenvalue weighted by Gasteiger charge is -2.34. The van der Waals surface area contributed by atoms with Gasteiger partial charge in [-0.1, -0.05) is 6.92 Å². The fourth-order valence-corrected chi connectivity index (χ4v) is 1.92. The fourth-order valence-electron chi connectivity index (χ4n) is 1.92. The SMILES string of the molecule is C[C@@H]1C[C@H](O)CN(CC(O)CF)C1. The van der Waals surface area contributed by atoms with Crippen molar-refractivity contribution in [3.8, 4) is 0 Å². The zero-order valence-electron chi connectivity index (χ0n) is 7.99. The maximum Gasteiger partial charge on any atom is 0.117 e. The topological polar surface area (TPSA) is 43.7 Å². The predicted molar refractivity (Wildman–Crippen MR) is 48.2 cm³/mol. The second-order valence-corrected chi connectivity index (χ2v) is 4.02. The third-order valence-electron chi connectivity index (χ3n) is 2.36. The van der Waals surface area contributed by atoms with Crippen LogP contribution in [0, 0.1) is 5.92 Å². The average Bonchev–Trinajstić information content (AvgIpc) is 2.02. The molecule has 1 saturated heterocycles. The molecule has 0 bridgehead atoms. The number of nitrogens with zero attached hydrogens (tertiary/aromatic N) is 1. The lowest BCUT2D eigenvalue weighted by Crippen LogP contribution is -2.45. The van der Waals surface area contributed by atoms with Gasteiger partial charge in [0.15, 0.2) is 0 Å². The van der Waals surface area contributed by atoms with E-state index >= 15 is 0 Å². The van der Waals surface area contributed by atoms with Gasteiger partial charge in [0, 0.05) is 19.6 Å². The number of halogens is 1. The first-order valence-electron chi connectivity index (χ1n) is 4.76. The third kappa shape index (κ3) is 3.58. The van der Waals surface area contributed by atoms with Gasteiger partial charge in [0.25, 0.3) is 0 Å². The van der Waals surface area contributed by atoms with Gasteiger partial charge in [-0.25, -0.2) is 4.39 Å². The molecule has 3 nitrogen and oxygen atoms in total. The van der Waals surface area contributed by atoms with Gasteiger partial charge >= 0.3 is 0 Å². The Balaban J connectivity index is 2.32. The highest BCUT2D eigenvalue weighted by atomic mass is 19.1. The summed E-state index contributed by atoms with van der Waals surface area (Å²) in [5, 5.41) is 18.5. The molecule has 1 aliphatic heterocycles. The van der Waals surface area contributed by atoms with E-state index in [0.717, 1.165) is 13.0 Å². The van der Waals surface area contributed by atoms with Gasteiger partial charge in [0.05, 0.1) is 12.2 Å². The molecule has 0 spiro atoms. The molecular weight excluding hydrogens is 173 g/mol. The second-order valence-electron chi connectivity index (χ2n) is 4.02. The van der Waals surface area contributed by atoms with Gasteiger partial charge in [-0.15, -0.1) is 0 Å². The number of aliphatic hydroxyl groups is 2. The number of rotatable bonds is 3. The molecule has 0 saturated carbocycles. The average molecular weight is 191 g/mol. The van der Waals surface area contributed by atoms with Crippen LogP contribution in [-0.2, 0) is 0 Å². The molecule has 1 rings (SSSR count). The number of likely N-dealkylation sites (tertiary alicyclic amines) is 1. The maximum absolute atomic E-state index is 12.0. The van der Waals surface area contributed by atoms with Crippen LogP contribution in [0.2, 0.25) is 0 Å². The highest BCUT2D eigenvalue weighted by Gasteiger charge is 2.24. The van der Waals surface area contributed by atoms with Crippen LogP contribution in [-0.4, -0.2) is 53.6 Å². The molecule has 0 aromatic rings. The molecule has 1 fully saturated rings. The molecule has 0 aliphatic carbocycles. The zero-order valence-corrected chi connectivity index (χ0v) is 7.99. The quantitative estimate of drug-likeness (QED) is 0.661. The van der Waals surface area contributed by atoms with E-state index < -0.39 is 12.8 Å². The van der Waals surface area contributed by atoms with Crippen LogP contribution >= 0.6 is 0 Å². The van der Waals surface area contributed by atoms with Gasteiger partial charge < -0.3 is 10.2 Å². The maximum atomic E-state index is 12.0. The first-order chi connectivity index (χ1) is 6.11. The Bertz CT molecular complexity index is 147. The minimum absolute atomic E-state index is 0.324. The number of piperidine rings is 1. The van der Waals surface area contributed by atoms with E-state index in [2.05, 4.69) is 6.92 Å². The van der Waals surface area contributed by atoms with Crippen molar-refractivity contribution in [3.63, 3.8) is 0 Å². The van der Waals surface area contributed by atoms with Crippen LogP contribution in [0.3, 0.4) is 0 Å². The lowest BCUT2D eigenvalue weighted by atomic mass is 9.98. The largest absolute Gasteiger partial charge is 0.392 e. The van der Waals surface area contributed by atoms with Crippen molar-refractivity contribution in [2.75, 3.05) is 26.3 Å². The van der Waals surface area contributed by atoms with E-state index in [9.17, 15) is 9.50 Å². The van der Waals surface area contributed by atoms with E-state index in [-0.39, 0.29) is 6.10 Å². The summed E-state index contributed by atoms with van der Waals surface area (Å²) in [6.45, 7) is 3.08. The number of hydrogen-bond acceptors (Lipinski definition) is 3. The summed E-state index contributed by atoms with van der Waals surface area (Å²) >= 11 is 0. The number of hydrogen-bond donors (Lipinski definition) is 2. The van der Waals surface area contributed by atoms with Gasteiger partial charge in [-0.2, -0.15) is 0 Å². The fraction of sp³-hybridized carbons (Fsp3) is 1.00. The minimum Gasteiger partial charge on any atom is -0.392 e. The molecule has 13 heavy (non-hydrogen) atoms. The van der Waals surface area contributed by atoms with Crippen LogP contribution < -0.4 is 0 Å². The van der Waals surface area contributed by atoms with Crippen molar-refractivity contribution >= 4 is 0 Å². The highest BCUT2D eigenvalue weighted by molar-refractivity contribution is 4.77. The molecule has 0 aromatic heterocycles. The summed E-state index contributed by atoms with van der Waals surface area (Å²) in [4.78, 5) is 1.92. The number of aliphatic hydroxyl groups excluding tert-OH is 2. The standard InChI is InChI=1S/C9H18FNO2/c1-7-2-8(12)5-11(4-7)6-9(13)3-10/h7-9,12-13H,2-6H2,1H3/t7-,8+,9?/m1/s1. The summed E-state index contributed by atoms with van der Waals surface area (Å²) in [7, 11) is 0. The van der Waals surface area contributed by atoms with E-state index in [1.54, 1.807) is 0 Å². The monoisotopic (exact) mass is 191 g/mol. The Morgan fingerprint density at radius 2 is 2.23 bits per heavy atom. The minimum atomic E-state index is -0.905. The number of β-amino-alcohol motifs (C(OH)–C–C–N with tert-alkyl or cyclic N) is 2. The van der Waals surface area contributed by atoms with Crippen molar-refractivity contribution in [1.82, 2.24) is 4.90 Å². The Hall–Kier alpha value is -0.190. The molecule has 78 valence electrons. The van der Waals surface area contributed by atoms with Crippen LogP contribution in [0.15, 0.2) is 0 Å². The van der Waals surface area contributed by atoms with Crippen molar-refractivity contribution in [2.45, 2.75) is 25.6 Å². The third-order valence-corrected chi connectivity index (χ3v) is 2.36. The molecule has 1 unspecified atom stereocenters. The van der Waals surface area contributed by atoms with Crippen LogP contribution in [0.1, 0.15) is 13.3 Å². The normalized spacial score (nSPS) is 33.2. The molecule has 2 N–H and O–H groups in total. The van der Waals surface area contributed by atoms with Crippen molar-refractivity contribution in [2.24, 2.45) is 5.92 Å². The predicted octanol–water partition coefficient (Wildman–Crippen LogP) is 0.0195. The molecule has 0 aromatic carbocycles. The van der Waals surface area contributed by atoms with E-state index in [0.29, 0.717) is 19.0 Å². The lowest BCUT2D eigenvalue weighted by molar-refractivity contribution is 0.0139. The summed E-state index contributed by atoms with van der Waals surface area (Å²) < 4.78 is 12.0. The van der Waals surface area contributed by atoms with Crippen molar-refractivity contribution in [3.05, 3.63) is 0 Å². The van der Waals surface area contributed by atoms with Gasteiger partial charge in [0.2, 0.25) is 0 Å². The first kappa shape index (κ1) is 10.9. The summed E-state index contributed by atoms with van der Waals surface area (Å²) in [6.07, 6.45) is -0.421. The summed E-state index contributed by atoms with van der Waals surface area (Å²) in [6, 6.07) is 0. The van der Waals surface area contributed by atoms with Crippen molar-refractivity contribution in [1.29, 1.82) is 0 Å². The molecule has 1 heterocycles. The van der Waals surface area contributed by atoms with Crippen LogP contribution in [0.4, 0.5) is 4.39 Å². The molecular formula is C9H18FNO2. The van der Waals surface area contributed by atoms with Gasteiger partial charge in [-0.3, -0.25) is 4.90 Å². The van der Waals surface area contributed by atoms with Crippen LogP contribution in [0.25, 0.3) is 0 Å². The second kappa shape index (κ2) is 4.88. The van der Waals surface area contributed by atoms with Gasteiger partial charge in [-0.05, 0) is 12.3 Å². The highest BCUT2D eigenvalue weighted by Crippen LogP contribution is 2.16. The van der Waals surface area contributed by atoms with Gasteiger partial charge in [0.1, 0.15) is 6.67 Å². The smallest absolute Gasteiger partial charge is 0.117 e. The van der Waals surface area contributed by atoms with E-state index in [4.69, 9.17) is 5.11 Å². The Morgan fingerprint density at radius 3 is 2.77 bits per heavy atom. The van der Waals surface area contributed by atoms with E-state index in [1.165, 1.54) is 0 Å². The summed E-state index contributed by atoms with van der Waals surface area (Å²) in [5.74, 6) is 0.426. The Kier molecular flexibility index (Phi) is 4.09. The molecule has 0 amide bonds. The molecule has 4 heteroatoms.